The van der Waals surface area contributed by atoms with Crippen LogP contribution in [-0.4, -0.2) is 23.9 Å². The third-order valence-corrected chi connectivity index (χ3v) is 3.41. The molecule has 104 valence electrons. The van der Waals surface area contributed by atoms with E-state index < -0.39 is 0 Å². The lowest BCUT2D eigenvalue weighted by Crippen LogP contribution is -2.43. The second-order valence-electron chi connectivity index (χ2n) is 5.18. The highest BCUT2D eigenvalue weighted by Gasteiger charge is 2.22. The smallest absolute Gasteiger partial charge is 0.220 e. The van der Waals surface area contributed by atoms with Gasteiger partial charge in [-0.3, -0.25) is 9.59 Å². The van der Waals surface area contributed by atoms with Crippen LogP contribution in [0.4, 0.5) is 0 Å². The Morgan fingerprint density at radius 1 is 0.833 bits per heavy atom. The zero-order valence-corrected chi connectivity index (χ0v) is 11.6. The van der Waals surface area contributed by atoms with Crippen LogP contribution in [0.25, 0.3) is 0 Å². The van der Waals surface area contributed by atoms with Gasteiger partial charge in [-0.25, -0.2) is 0 Å². The molecule has 0 aromatic heterocycles. The summed E-state index contributed by atoms with van der Waals surface area (Å²) in [6, 6.07) is 0.617. The number of carbonyl (C=O) groups excluding carboxylic acids is 2. The Morgan fingerprint density at radius 2 is 1.17 bits per heavy atom. The van der Waals surface area contributed by atoms with Crippen molar-refractivity contribution in [3.05, 3.63) is 0 Å². The highest BCUT2D eigenvalue weighted by Crippen LogP contribution is 2.19. The Morgan fingerprint density at radius 3 is 1.44 bits per heavy atom. The molecular formula is C14H26N2O2. The number of rotatable bonds is 6. The summed E-state index contributed by atoms with van der Waals surface area (Å²) in [6.45, 7) is 4.03. The van der Waals surface area contributed by atoms with Crippen LogP contribution in [0.1, 0.15) is 65.2 Å². The third-order valence-electron chi connectivity index (χ3n) is 3.41. The van der Waals surface area contributed by atoms with Crippen molar-refractivity contribution in [1.29, 1.82) is 0 Å². The lowest BCUT2D eigenvalue weighted by Gasteiger charge is -2.29. The third kappa shape index (κ3) is 5.52. The summed E-state index contributed by atoms with van der Waals surface area (Å²) >= 11 is 0. The van der Waals surface area contributed by atoms with E-state index in [0.717, 1.165) is 38.5 Å². The van der Waals surface area contributed by atoms with Gasteiger partial charge in [-0.05, 0) is 38.5 Å². The van der Waals surface area contributed by atoms with Crippen LogP contribution in [0, 0.1) is 0 Å². The van der Waals surface area contributed by atoms with Crippen molar-refractivity contribution in [3.63, 3.8) is 0 Å². The molecule has 2 N–H and O–H groups in total. The Hall–Kier alpha value is -1.06. The Kier molecular flexibility index (Phi) is 6.76. The molecule has 1 fully saturated rings. The standard InChI is InChI=1S/C14H26N2O2/c1-3-5-13(17)15-11-7-9-12(10-8-11)16-14(18)6-4-2/h11-12H,3-10H2,1-2H3,(H,15,17)(H,16,18)/t11-,12-. The second-order valence-corrected chi connectivity index (χ2v) is 5.18. The van der Waals surface area contributed by atoms with Crippen LogP contribution in [-0.2, 0) is 9.59 Å². The van der Waals surface area contributed by atoms with E-state index in [0.29, 0.717) is 24.9 Å². The fourth-order valence-corrected chi connectivity index (χ4v) is 2.44. The summed E-state index contributed by atoms with van der Waals surface area (Å²) in [5.74, 6) is 0.326. The first-order valence-electron chi connectivity index (χ1n) is 7.24. The highest BCUT2D eigenvalue weighted by molar-refractivity contribution is 5.76. The van der Waals surface area contributed by atoms with Crippen LogP contribution in [0.2, 0.25) is 0 Å². The molecular weight excluding hydrogens is 228 g/mol. The van der Waals surface area contributed by atoms with E-state index in [1.807, 2.05) is 13.8 Å². The molecule has 0 aromatic rings. The van der Waals surface area contributed by atoms with E-state index in [1.165, 1.54) is 0 Å². The molecule has 0 heterocycles. The summed E-state index contributed by atoms with van der Waals surface area (Å²) in [5, 5.41) is 6.13. The lowest BCUT2D eigenvalue weighted by atomic mass is 9.91. The zero-order chi connectivity index (χ0) is 13.4. The van der Waals surface area contributed by atoms with Crippen molar-refractivity contribution in [2.75, 3.05) is 0 Å². The van der Waals surface area contributed by atoms with Gasteiger partial charge >= 0.3 is 0 Å². The van der Waals surface area contributed by atoms with Gasteiger partial charge in [-0.15, -0.1) is 0 Å². The number of hydrogen-bond acceptors (Lipinski definition) is 2. The lowest BCUT2D eigenvalue weighted by molar-refractivity contribution is -0.123. The summed E-state index contributed by atoms with van der Waals surface area (Å²) in [6.07, 6.45) is 6.95. The minimum atomic E-state index is 0.163. The molecule has 0 saturated heterocycles. The molecule has 2 amide bonds. The molecule has 0 unspecified atom stereocenters. The molecule has 18 heavy (non-hydrogen) atoms. The predicted octanol–water partition coefficient (Wildman–Crippen LogP) is 2.13. The number of amides is 2. The van der Waals surface area contributed by atoms with Gasteiger partial charge in [-0.2, -0.15) is 0 Å². The molecule has 0 bridgehead atoms. The van der Waals surface area contributed by atoms with Crippen LogP contribution >= 0.6 is 0 Å². The average molecular weight is 254 g/mol. The maximum atomic E-state index is 11.5. The molecule has 1 saturated carbocycles. The van der Waals surface area contributed by atoms with Crippen LogP contribution in [0.3, 0.4) is 0 Å². The molecule has 1 aliphatic rings. The first-order chi connectivity index (χ1) is 8.65. The zero-order valence-electron chi connectivity index (χ0n) is 11.6. The molecule has 4 heteroatoms. The molecule has 0 radical (unpaired) electrons. The minimum Gasteiger partial charge on any atom is -0.353 e. The number of hydrogen-bond donors (Lipinski definition) is 2. The first kappa shape index (κ1) is 15.0. The topological polar surface area (TPSA) is 58.2 Å². The molecule has 1 rings (SSSR count). The van der Waals surface area contributed by atoms with Gasteiger partial charge in [0.2, 0.25) is 11.8 Å². The molecule has 0 aromatic carbocycles. The van der Waals surface area contributed by atoms with Crippen molar-refractivity contribution >= 4 is 11.8 Å². The summed E-state index contributed by atoms with van der Waals surface area (Å²) in [7, 11) is 0. The van der Waals surface area contributed by atoms with E-state index >= 15 is 0 Å². The molecule has 0 spiro atoms. The van der Waals surface area contributed by atoms with Gasteiger partial charge < -0.3 is 10.6 Å². The van der Waals surface area contributed by atoms with Gasteiger partial charge in [0.25, 0.3) is 0 Å². The first-order valence-corrected chi connectivity index (χ1v) is 7.24. The van der Waals surface area contributed by atoms with Gasteiger partial charge in [0, 0.05) is 24.9 Å². The van der Waals surface area contributed by atoms with Crippen molar-refractivity contribution < 1.29 is 9.59 Å². The monoisotopic (exact) mass is 254 g/mol. The van der Waals surface area contributed by atoms with Gasteiger partial charge in [-0.1, -0.05) is 13.8 Å². The van der Waals surface area contributed by atoms with E-state index in [-0.39, 0.29) is 11.8 Å². The van der Waals surface area contributed by atoms with Crippen molar-refractivity contribution in [3.8, 4) is 0 Å². The van der Waals surface area contributed by atoms with Gasteiger partial charge in [0.15, 0.2) is 0 Å². The predicted molar refractivity (Wildman–Crippen MR) is 72.1 cm³/mol. The average Bonchev–Trinajstić information content (AvgIpc) is 2.32. The van der Waals surface area contributed by atoms with E-state index in [2.05, 4.69) is 10.6 Å². The fourth-order valence-electron chi connectivity index (χ4n) is 2.44. The summed E-state index contributed by atoms with van der Waals surface area (Å²) in [4.78, 5) is 22.9. The van der Waals surface area contributed by atoms with Crippen LogP contribution in [0.15, 0.2) is 0 Å². The van der Waals surface area contributed by atoms with Crippen LogP contribution < -0.4 is 10.6 Å². The Bertz CT molecular complexity index is 243. The Labute approximate surface area is 110 Å². The Balaban J connectivity index is 2.20. The maximum Gasteiger partial charge on any atom is 0.220 e. The van der Waals surface area contributed by atoms with Gasteiger partial charge in [0.1, 0.15) is 0 Å². The molecule has 0 atom stereocenters. The minimum absolute atomic E-state index is 0.163. The SMILES string of the molecule is CCCC(=O)N[C@H]1CC[C@H](NC(=O)CCC)CC1. The quantitative estimate of drug-likeness (QED) is 0.763. The molecule has 4 nitrogen and oxygen atoms in total. The summed E-state index contributed by atoms with van der Waals surface area (Å²) < 4.78 is 0. The van der Waals surface area contributed by atoms with E-state index in [9.17, 15) is 9.59 Å². The fraction of sp³-hybridized carbons (Fsp3) is 0.857. The van der Waals surface area contributed by atoms with Crippen molar-refractivity contribution in [2.24, 2.45) is 0 Å². The van der Waals surface area contributed by atoms with Crippen LogP contribution in [0.5, 0.6) is 0 Å². The van der Waals surface area contributed by atoms with Crippen molar-refractivity contribution in [2.45, 2.75) is 77.3 Å². The van der Waals surface area contributed by atoms with Gasteiger partial charge in [0.05, 0.1) is 0 Å². The normalized spacial score (nSPS) is 23.4. The second kappa shape index (κ2) is 8.11. The maximum absolute atomic E-state index is 11.5. The highest BCUT2D eigenvalue weighted by atomic mass is 16.2. The largest absolute Gasteiger partial charge is 0.353 e. The van der Waals surface area contributed by atoms with Crippen molar-refractivity contribution in [1.82, 2.24) is 10.6 Å². The van der Waals surface area contributed by atoms with E-state index in [4.69, 9.17) is 0 Å². The molecule has 0 aliphatic heterocycles. The molecule has 1 aliphatic carbocycles. The van der Waals surface area contributed by atoms with E-state index in [1.54, 1.807) is 0 Å². The number of carbonyl (C=O) groups is 2. The summed E-state index contributed by atoms with van der Waals surface area (Å²) in [5.41, 5.74) is 0. The number of nitrogens with one attached hydrogen (secondary N) is 2.